The smallest absolute Gasteiger partial charge is 0.150 e. The van der Waals surface area contributed by atoms with Gasteiger partial charge >= 0.3 is 0 Å². The third kappa shape index (κ3) is 7.31. The maximum atomic E-state index is 10.7. The van der Waals surface area contributed by atoms with Crippen LogP contribution in [0.2, 0.25) is 0 Å². The zero-order valence-corrected chi connectivity index (χ0v) is 14.1. The fourth-order valence-electron chi connectivity index (χ4n) is 2.71. The molecule has 128 valence electrons. The molecule has 0 radical (unpaired) electrons. The summed E-state index contributed by atoms with van der Waals surface area (Å²) in [6.45, 7) is 2.23. The van der Waals surface area contributed by atoms with Crippen LogP contribution < -0.4 is 0 Å². The molecule has 4 heteroatoms. The van der Waals surface area contributed by atoms with E-state index in [1.54, 1.807) is 12.1 Å². The van der Waals surface area contributed by atoms with Gasteiger partial charge in [-0.05, 0) is 25.0 Å². The zero-order valence-electron chi connectivity index (χ0n) is 14.1. The predicted molar refractivity (Wildman–Crippen MR) is 93.7 cm³/mol. The lowest BCUT2D eigenvalue weighted by Gasteiger charge is -2.07. The van der Waals surface area contributed by atoms with Crippen LogP contribution in [-0.2, 0) is 0 Å². The Balaban J connectivity index is 2.28. The van der Waals surface area contributed by atoms with Gasteiger partial charge in [0.2, 0.25) is 0 Å². The first-order valence-corrected chi connectivity index (χ1v) is 8.72. The normalized spacial score (nSPS) is 11.6. The van der Waals surface area contributed by atoms with Gasteiger partial charge in [-0.15, -0.1) is 0 Å². The van der Waals surface area contributed by atoms with Crippen LogP contribution in [0.5, 0.6) is 5.75 Å². The van der Waals surface area contributed by atoms with Gasteiger partial charge in [-0.2, -0.15) is 0 Å². The number of phenols is 1. The molecule has 2 N–H and O–H groups in total. The monoisotopic (exact) mass is 319 g/mol. The largest absolute Gasteiger partial charge is 0.507 e. The Bertz CT molecular complexity index is 497. The second kappa shape index (κ2) is 11.7. The topological polar surface area (TPSA) is 69.9 Å². The zero-order chi connectivity index (χ0) is 16.9. The third-order valence-electron chi connectivity index (χ3n) is 4.11. The molecule has 0 aromatic heterocycles. The quantitative estimate of drug-likeness (QED) is 0.180. The van der Waals surface area contributed by atoms with Crippen molar-refractivity contribution in [2.45, 2.75) is 71.1 Å². The highest BCUT2D eigenvalue weighted by molar-refractivity contribution is 6.02. The molecule has 23 heavy (non-hydrogen) atoms. The van der Waals surface area contributed by atoms with E-state index in [0.29, 0.717) is 29.5 Å². The molecule has 0 aliphatic heterocycles. The van der Waals surface area contributed by atoms with Crippen LogP contribution >= 0.6 is 0 Å². The highest BCUT2D eigenvalue weighted by Crippen LogP contribution is 2.21. The first kappa shape index (κ1) is 19.2. The average Bonchev–Trinajstić information content (AvgIpc) is 2.57. The SMILES string of the molecule is CCCCCCCCCCCC(=NO)c1ccc(C=O)cc1O. The number of phenolic OH excluding ortho intramolecular Hbond substituents is 1. The summed E-state index contributed by atoms with van der Waals surface area (Å²) in [6, 6.07) is 4.63. The summed E-state index contributed by atoms with van der Waals surface area (Å²) >= 11 is 0. The molecule has 0 saturated carbocycles. The molecule has 0 amide bonds. The molecule has 0 saturated heterocycles. The van der Waals surface area contributed by atoms with E-state index >= 15 is 0 Å². The fraction of sp³-hybridized carbons (Fsp3) is 0.579. The van der Waals surface area contributed by atoms with E-state index < -0.39 is 0 Å². The Morgan fingerprint density at radius 2 is 1.65 bits per heavy atom. The molecular weight excluding hydrogens is 290 g/mol. The van der Waals surface area contributed by atoms with Gasteiger partial charge in [0.1, 0.15) is 12.0 Å². The summed E-state index contributed by atoms with van der Waals surface area (Å²) in [5, 5.41) is 22.4. The molecule has 1 rings (SSSR count). The lowest BCUT2D eigenvalue weighted by Crippen LogP contribution is -2.02. The van der Waals surface area contributed by atoms with Crippen LogP contribution in [0.4, 0.5) is 0 Å². The first-order valence-electron chi connectivity index (χ1n) is 8.72. The Kier molecular flexibility index (Phi) is 9.76. The van der Waals surface area contributed by atoms with Crippen LogP contribution in [0.15, 0.2) is 23.4 Å². The number of rotatable bonds is 12. The number of nitrogens with zero attached hydrogens (tertiary/aromatic N) is 1. The van der Waals surface area contributed by atoms with Gasteiger partial charge in [-0.3, -0.25) is 4.79 Å². The van der Waals surface area contributed by atoms with E-state index in [1.165, 1.54) is 51.0 Å². The van der Waals surface area contributed by atoms with Crippen molar-refractivity contribution in [3.8, 4) is 5.75 Å². The van der Waals surface area contributed by atoms with E-state index in [9.17, 15) is 9.90 Å². The van der Waals surface area contributed by atoms with Crippen molar-refractivity contribution < 1.29 is 15.1 Å². The van der Waals surface area contributed by atoms with Crippen molar-refractivity contribution in [3.63, 3.8) is 0 Å². The van der Waals surface area contributed by atoms with E-state index in [0.717, 1.165) is 12.8 Å². The van der Waals surface area contributed by atoms with Crippen molar-refractivity contribution in [1.29, 1.82) is 0 Å². The molecular formula is C19H29NO3. The number of aromatic hydroxyl groups is 1. The van der Waals surface area contributed by atoms with Gasteiger partial charge in [0, 0.05) is 11.1 Å². The number of hydrogen-bond acceptors (Lipinski definition) is 4. The van der Waals surface area contributed by atoms with E-state index in [-0.39, 0.29) is 5.75 Å². The Morgan fingerprint density at radius 1 is 1.04 bits per heavy atom. The predicted octanol–water partition coefficient (Wildman–Crippen LogP) is 5.30. The van der Waals surface area contributed by atoms with Crippen molar-refractivity contribution in [3.05, 3.63) is 29.3 Å². The molecule has 0 atom stereocenters. The lowest BCUT2D eigenvalue weighted by atomic mass is 10.0. The minimum Gasteiger partial charge on any atom is -0.507 e. The van der Waals surface area contributed by atoms with Gasteiger partial charge < -0.3 is 10.3 Å². The summed E-state index contributed by atoms with van der Waals surface area (Å²) in [5.41, 5.74) is 1.38. The second-order valence-corrected chi connectivity index (χ2v) is 6.02. The highest BCUT2D eigenvalue weighted by Gasteiger charge is 2.10. The summed E-state index contributed by atoms with van der Waals surface area (Å²) in [5.74, 6) is -0.0154. The number of oxime groups is 1. The van der Waals surface area contributed by atoms with E-state index in [1.807, 2.05) is 0 Å². The Morgan fingerprint density at radius 3 is 2.17 bits per heavy atom. The van der Waals surface area contributed by atoms with Gasteiger partial charge in [0.25, 0.3) is 0 Å². The minimum atomic E-state index is -0.0154. The second-order valence-electron chi connectivity index (χ2n) is 6.02. The molecule has 4 nitrogen and oxygen atoms in total. The molecule has 0 unspecified atom stereocenters. The number of benzene rings is 1. The standard InChI is InChI=1S/C19H29NO3/c1-2-3-4-5-6-7-8-9-10-11-18(20-23)17-13-12-16(15-21)14-19(17)22/h12-15,22-23H,2-11H2,1H3. The van der Waals surface area contributed by atoms with Crippen molar-refractivity contribution in [2.75, 3.05) is 0 Å². The molecule has 0 aliphatic carbocycles. The number of unbranched alkanes of at least 4 members (excludes halogenated alkanes) is 8. The van der Waals surface area contributed by atoms with Gasteiger partial charge in [0.15, 0.2) is 0 Å². The molecule has 0 fully saturated rings. The van der Waals surface area contributed by atoms with Crippen LogP contribution in [0, 0.1) is 0 Å². The maximum Gasteiger partial charge on any atom is 0.150 e. The molecule has 0 aliphatic rings. The average molecular weight is 319 g/mol. The Hall–Kier alpha value is -1.84. The Labute approximate surface area is 139 Å². The number of carbonyl (C=O) groups is 1. The molecule has 1 aromatic carbocycles. The lowest BCUT2D eigenvalue weighted by molar-refractivity contribution is 0.112. The molecule has 0 bridgehead atoms. The van der Waals surface area contributed by atoms with Crippen LogP contribution in [-0.4, -0.2) is 22.3 Å². The molecule has 0 heterocycles. The number of carbonyl (C=O) groups excluding carboxylic acids is 1. The highest BCUT2D eigenvalue weighted by atomic mass is 16.4. The van der Waals surface area contributed by atoms with Crippen LogP contribution in [0.3, 0.4) is 0 Å². The number of aldehydes is 1. The van der Waals surface area contributed by atoms with Gasteiger partial charge in [0.05, 0.1) is 5.71 Å². The summed E-state index contributed by atoms with van der Waals surface area (Å²) < 4.78 is 0. The van der Waals surface area contributed by atoms with Gasteiger partial charge in [-0.1, -0.05) is 69.5 Å². The van der Waals surface area contributed by atoms with E-state index in [4.69, 9.17) is 5.21 Å². The van der Waals surface area contributed by atoms with E-state index in [2.05, 4.69) is 12.1 Å². The minimum absolute atomic E-state index is 0.0154. The molecule has 0 spiro atoms. The van der Waals surface area contributed by atoms with Gasteiger partial charge in [-0.25, -0.2) is 0 Å². The van der Waals surface area contributed by atoms with Crippen molar-refractivity contribution in [1.82, 2.24) is 0 Å². The summed E-state index contributed by atoms with van der Waals surface area (Å²) in [4.78, 5) is 10.7. The number of hydrogen-bond donors (Lipinski definition) is 2. The molecule has 1 aromatic rings. The first-order chi connectivity index (χ1) is 11.2. The summed E-state index contributed by atoms with van der Waals surface area (Å²) in [6.07, 6.45) is 12.4. The summed E-state index contributed by atoms with van der Waals surface area (Å²) in [7, 11) is 0. The van der Waals surface area contributed by atoms with Crippen LogP contribution in [0.25, 0.3) is 0 Å². The van der Waals surface area contributed by atoms with Crippen molar-refractivity contribution >= 4 is 12.0 Å². The maximum absolute atomic E-state index is 10.7. The third-order valence-corrected chi connectivity index (χ3v) is 4.11. The van der Waals surface area contributed by atoms with Crippen LogP contribution in [0.1, 0.15) is 87.1 Å². The fourth-order valence-corrected chi connectivity index (χ4v) is 2.71. The van der Waals surface area contributed by atoms with Crippen molar-refractivity contribution in [2.24, 2.45) is 5.16 Å².